The molecule has 1 aliphatic rings. The highest BCUT2D eigenvalue weighted by Gasteiger charge is 2.16. The molecule has 0 spiro atoms. The summed E-state index contributed by atoms with van der Waals surface area (Å²) in [6, 6.07) is 5.38. The maximum Gasteiger partial charge on any atom is 0.328 e. The van der Waals surface area contributed by atoms with Gasteiger partial charge in [-0.3, -0.25) is 4.79 Å². The van der Waals surface area contributed by atoms with Crippen molar-refractivity contribution in [3.63, 3.8) is 0 Å². The summed E-state index contributed by atoms with van der Waals surface area (Å²) in [6.07, 6.45) is 4.95. The lowest BCUT2D eigenvalue weighted by molar-refractivity contribution is -0.131. The van der Waals surface area contributed by atoms with Crippen LogP contribution in [0.15, 0.2) is 24.3 Å². The van der Waals surface area contributed by atoms with Crippen LogP contribution in [0.2, 0.25) is 0 Å². The highest BCUT2D eigenvalue weighted by molar-refractivity contribution is 8.00. The molecule has 1 unspecified atom stereocenters. The van der Waals surface area contributed by atoms with Crippen LogP contribution in [0.3, 0.4) is 0 Å². The van der Waals surface area contributed by atoms with Crippen molar-refractivity contribution in [3.05, 3.63) is 41.0 Å². The highest BCUT2D eigenvalue weighted by Crippen LogP contribution is 2.25. The molecule has 4 nitrogen and oxygen atoms in total. The monoisotopic (exact) mass is 305 g/mol. The number of hydrogen-bond donors (Lipinski definition) is 2. The fourth-order valence-electron chi connectivity index (χ4n) is 2.32. The molecule has 112 valence electrons. The van der Waals surface area contributed by atoms with Crippen molar-refractivity contribution in [1.29, 1.82) is 0 Å². The van der Waals surface area contributed by atoms with Crippen molar-refractivity contribution in [2.24, 2.45) is 0 Å². The molecular weight excluding hydrogens is 286 g/mol. The number of amides is 1. The number of hydrogen-bond acceptors (Lipinski definition) is 3. The predicted molar refractivity (Wildman–Crippen MR) is 85.7 cm³/mol. The number of nitrogens with one attached hydrogen (secondary N) is 1. The standard InChI is InChI=1S/C16H19NO3S/c1-11-7-12(4-5-15(18)19)9-13(8-11)16(20)17-10-14-3-2-6-21-14/h4-5,7-9,14H,2-3,6,10H2,1H3,(H,17,20)(H,18,19)/b5-4+. The summed E-state index contributed by atoms with van der Waals surface area (Å²) < 4.78 is 0. The molecule has 0 bridgehead atoms. The van der Waals surface area contributed by atoms with Gasteiger partial charge in [-0.2, -0.15) is 11.8 Å². The fourth-order valence-corrected chi connectivity index (χ4v) is 3.52. The molecule has 21 heavy (non-hydrogen) atoms. The van der Waals surface area contributed by atoms with Gasteiger partial charge in [0.1, 0.15) is 0 Å². The zero-order chi connectivity index (χ0) is 15.2. The molecule has 1 aromatic rings. The number of rotatable bonds is 5. The first-order valence-corrected chi connectivity index (χ1v) is 8.02. The van der Waals surface area contributed by atoms with E-state index in [1.54, 1.807) is 6.07 Å². The van der Waals surface area contributed by atoms with Crippen LogP contribution in [0.4, 0.5) is 0 Å². The van der Waals surface area contributed by atoms with Gasteiger partial charge in [-0.15, -0.1) is 0 Å². The number of carboxylic acid groups (broad SMARTS) is 1. The van der Waals surface area contributed by atoms with Gasteiger partial charge in [0.15, 0.2) is 0 Å². The molecule has 0 aliphatic carbocycles. The van der Waals surface area contributed by atoms with Crippen LogP contribution in [0.1, 0.15) is 34.3 Å². The number of carbonyl (C=O) groups excluding carboxylic acids is 1. The molecular formula is C16H19NO3S. The summed E-state index contributed by atoms with van der Waals surface area (Å²) in [4.78, 5) is 22.7. The second-order valence-electron chi connectivity index (χ2n) is 5.15. The van der Waals surface area contributed by atoms with E-state index in [0.29, 0.717) is 17.4 Å². The number of carboxylic acids is 1. The van der Waals surface area contributed by atoms with E-state index in [1.807, 2.05) is 30.8 Å². The van der Waals surface area contributed by atoms with Crippen molar-refractivity contribution < 1.29 is 14.7 Å². The lowest BCUT2D eigenvalue weighted by Gasteiger charge is -2.11. The fraction of sp³-hybridized carbons (Fsp3) is 0.375. The summed E-state index contributed by atoms with van der Waals surface area (Å²) in [5.74, 6) is 0.0757. The van der Waals surface area contributed by atoms with Gasteiger partial charge >= 0.3 is 5.97 Å². The summed E-state index contributed by atoms with van der Waals surface area (Å²) in [6.45, 7) is 2.58. The van der Waals surface area contributed by atoms with Gasteiger partial charge in [-0.1, -0.05) is 6.07 Å². The van der Waals surface area contributed by atoms with Crippen molar-refractivity contribution in [1.82, 2.24) is 5.32 Å². The molecule has 0 aromatic heterocycles. The Hall–Kier alpha value is -1.75. The summed E-state index contributed by atoms with van der Waals surface area (Å²) in [7, 11) is 0. The first-order valence-electron chi connectivity index (χ1n) is 6.97. The molecule has 2 rings (SSSR count). The number of aryl methyl sites for hydroxylation is 1. The predicted octanol–water partition coefficient (Wildman–Crippen LogP) is 2.72. The van der Waals surface area contributed by atoms with Gasteiger partial charge in [0.2, 0.25) is 0 Å². The maximum atomic E-state index is 12.2. The smallest absolute Gasteiger partial charge is 0.328 e. The molecule has 1 fully saturated rings. The Kier molecular flexibility index (Phi) is 5.44. The zero-order valence-corrected chi connectivity index (χ0v) is 12.8. The summed E-state index contributed by atoms with van der Waals surface area (Å²) >= 11 is 1.91. The van der Waals surface area contributed by atoms with E-state index in [2.05, 4.69) is 5.32 Å². The lowest BCUT2D eigenvalue weighted by atomic mass is 10.1. The van der Waals surface area contributed by atoms with Crippen LogP contribution in [-0.2, 0) is 4.79 Å². The third-order valence-electron chi connectivity index (χ3n) is 3.29. The third-order valence-corrected chi connectivity index (χ3v) is 4.69. The van der Waals surface area contributed by atoms with E-state index in [-0.39, 0.29) is 5.91 Å². The van der Waals surface area contributed by atoms with E-state index < -0.39 is 5.97 Å². The molecule has 1 amide bonds. The summed E-state index contributed by atoms with van der Waals surface area (Å²) in [5.41, 5.74) is 2.23. The average molecular weight is 305 g/mol. The second kappa shape index (κ2) is 7.31. The first-order chi connectivity index (χ1) is 10.0. The minimum absolute atomic E-state index is 0.101. The largest absolute Gasteiger partial charge is 0.478 e. The molecule has 1 heterocycles. The minimum Gasteiger partial charge on any atom is -0.478 e. The van der Waals surface area contributed by atoms with Crippen molar-refractivity contribution in [2.75, 3.05) is 12.3 Å². The Bertz CT molecular complexity index is 563. The Morgan fingerprint density at radius 1 is 1.43 bits per heavy atom. The van der Waals surface area contributed by atoms with E-state index in [4.69, 9.17) is 5.11 Å². The molecule has 1 saturated heterocycles. The normalized spacial score (nSPS) is 18.0. The number of carbonyl (C=O) groups is 2. The van der Waals surface area contributed by atoms with Crippen LogP contribution < -0.4 is 5.32 Å². The van der Waals surface area contributed by atoms with Crippen LogP contribution in [0.25, 0.3) is 6.08 Å². The number of benzene rings is 1. The lowest BCUT2D eigenvalue weighted by Crippen LogP contribution is -2.29. The highest BCUT2D eigenvalue weighted by atomic mass is 32.2. The van der Waals surface area contributed by atoms with Crippen molar-refractivity contribution in [2.45, 2.75) is 25.0 Å². The quantitative estimate of drug-likeness (QED) is 0.821. The Morgan fingerprint density at radius 3 is 2.90 bits per heavy atom. The van der Waals surface area contributed by atoms with Gasteiger partial charge in [0.25, 0.3) is 5.91 Å². The Morgan fingerprint density at radius 2 is 2.24 bits per heavy atom. The summed E-state index contributed by atoms with van der Waals surface area (Å²) in [5, 5.41) is 12.1. The Labute approximate surface area is 128 Å². The van der Waals surface area contributed by atoms with Crippen LogP contribution >= 0.6 is 11.8 Å². The minimum atomic E-state index is -0.999. The van der Waals surface area contributed by atoms with E-state index in [9.17, 15) is 9.59 Å². The molecule has 5 heteroatoms. The number of aliphatic carboxylic acids is 1. The Balaban J connectivity index is 2.03. The van der Waals surface area contributed by atoms with E-state index in [0.717, 1.165) is 23.6 Å². The average Bonchev–Trinajstić information content (AvgIpc) is 2.95. The van der Waals surface area contributed by atoms with Crippen molar-refractivity contribution >= 4 is 29.7 Å². The molecule has 2 N–H and O–H groups in total. The van der Waals surface area contributed by atoms with Gasteiger partial charge in [0, 0.05) is 23.4 Å². The molecule has 0 radical (unpaired) electrons. The first kappa shape index (κ1) is 15.6. The number of thioether (sulfide) groups is 1. The molecule has 1 aliphatic heterocycles. The van der Waals surface area contributed by atoms with Gasteiger partial charge in [-0.25, -0.2) is 4.79 Å². The van der Waals surface area contributed by atoms with Crippen molar-refractivity contribution in [3.8, 4) is 0 Å². The zero-order valence-electron chi connectivity index (χ0n) is 12.0. The van der Waals surface area contributed by atoms with E-state index >= 15 is 0 Å². The maximum absolute atomic E-state index is 12.2. The van der Waals surface area contributed by atoms with Crippen LogP contribution in [0, 0.1) is 6.92 Å². The van der Waals surface area contributed by atoms with Gasteiger partial charge < -0.3 is 10.4 Å². The van der Waals surface area contributed by atoms with Crippen LogP contribution in [-0.4, -0.2) is 34.5 Å². The molecule has 1 atom stereocenters. The van der Waals surface area contributed by atoms with E-state index in [1.165, 1.54) is 18.2 Å². The van der Waals surface area contributed by atoms with Gasteiger partial charge in [0.05, 0.1) is 0 Å². The SMILES string of the molecule is Cc1cc(/C=C/C(=O)O)cc(C(=O)NCC2CCCS2)c1. The third kappa shape index (κ3) is 4.93. The van der Waals surface area contributed by atoms with Gasteiger partial charge in [-0.05, 0) is 54.9 Å². The topological polar surface area (TPSA) is 66.4 Å². The molecule has 0 saturated carbocycles. The second-order valence-corrected chi connectivity index (χ2v) is 6.56. The van der Waals surface area contributed by atoms with Crippen LogP contribution in [0.5, 0.6) is 0 Å². The molecule has 1 aromatic carbocycles.